The number of amides is 3. The van der Waals surface area contributed by atoms with Crippen LogP contribution in [0.3, 0.4) is 0 Å². The van der Waals surface area contributed by atoms with Crippen molar-refractivity contribution >= 4 is 11.9 Å². The van der Waals surface area contributed by atoms with Crippen LogP contribution in [0, 0.1) is 0 Å². The Morgan fingerprint density at radius 2 is 2.24 bits per heavy atom. The molecule has 1 aliphatic rings. The standard InChI is InChI=1S/C18H28N4O3/c1-4-25-16-11-15(8-9-19-16)12-20-18(24)21-14(3)17(23)22-10-6-5-7-13(22)2/h8-9,11,13-14H,4-7,10,12H2,1-3H3,(H2,20,21,24). The Morgan fingerprint density at radius 3 is 2.96 bits per heavy atom. The Balaban J connectivity index is 1.81. The smallest absolute Gasteiger partial charge is 0.315 e. The van der Waals surface area contributed by atoms with E-state index in [1.54, 1.807) is 19.2 Å². The molecule has 7 heteroatoms. The minimum Gasteiger partial charge on any atom is -0.478 e. The van der Waals surface area contributed by atoms with Crippen molar-refractivity contribution in [1.82, 2.24) is 20.5 Å². The number of nitrogens with zero attached hydrogens (tertiary/aromatic N) is 2. The SMILES string of the molecule is CCOc1cc(CNC(=O)NC(C)C(=O)N2CCCCC2C)ccn1. The van der Waals surface area contributed by atoms with Crippen LogP contribution in [-0.2, 0) is 11.3 Å². The molecule has 7 nitrogen and oxygen atoms in total. The van der Waals surface area contributed by atoms with E-state index in [-0.39, 0.29) is 18.0 Å². The number of piperidine rings is 1. The highest BCUT2D eigenvalue weighted by atomic mass is 16.5. The normalized spacial score (nSPS) is 18.4. The maximum atomic E-state index is 12.5. The quantitative estimate of drug-likeness (QED) is 0.824. The summed E-state index contributed by atoms with van der Waals surface area (Å²) in [7, 11) is 0. The molecule has 1 saturated heterocycles. The largest absolute Gasteiger partial charge is 0.478 e. The van der Waals surface area contributed by atoms with E-state index in [4.69, 9.17) is 4.74 Å². The fourth-order valence-electron chi connectivity index (χ4n) is 2.95. The second-order valence-electron chi connectivity index (χ2n) is 6.36. The lowest BCUT2D eigenvalue weighted by molar-refractivity contribution is -0.136. The van der Waals surface area contributed by atoms with Crippen molar-refractivity contribution in [1.29, 1.82) is 0 Å². The summed E-state index contributed by atoms with van der Waals surface area (Å²) in [5, 5.41) is 5.48. The average Bonchev–Trinajstić information content (AvgIpc) is 2.60. The van der Waals surface area contributed by atoms with Gasteiger partial charge in [-0.25, -0.2) is 9.78 Å². The van der Waals surface area contributed by atoms with Crippen molar-refractivity contribution in [3.63, 3.8) is 0 Å². The van der Waals surface area contributed by atoms with Gasteiger partial charge in [0.1, 0.15) is 6.04 Å². The molecule has 25 heavy (non-hydrogen) atoms. The van der Waals surface area contributed by atoms with E-state index in [1.165, 1.54) is 0 Å². The van der Waals surface area contributed by atoms with Crippen molar-refractivity contribution in [3.8, 4) is 5.88 Å². The predicted octanol–water partition coefficient (Wildman–Crippen LogP) is 2.07. The second kappa shape index (κ2) is 9.25. The minimum absolute atomic E-state index is 0.0232. The molecule has 138 valence electrons. The molecule has 2 atom stereocenters. The van der Waals surface area contributed by atoms with Gasteiger partial charge in [-0.05, 0) is 51.7 Å². The van der Waals surface area contributed by atoms with Gasteiger partial charge in [0.2, 0.25) is 11.8 Å². The zero-order chi connectivity index (χ0) is 18.2. The Bertz CT molecular complexity index is 593. The van der Waals surface area contributed by atoms with Crippen LogP contribution in [0.25, 0.3) is 0 Å². The summed E-state index contributed by atoms with van der Waals surface area (Å²) in [5.41, 5.74) is 0.886. The molecule has 0 aliphatic carbocycles. The maximum Gasteiger partial charge on any atom is 0.315 e. The number of carbonyl (C=O) groups is 2. The molecule has 2 N–H and O–H groups in total. The van der Waals surface area contributed by atoms with Crippen LogP contribution in [0.2, 0.25) is 0 Å². The molecule has 0 radical (unpaired) electrons. The van der Waals surface area contributed by atoms with Crippen LogP contribution in [0.5, 0.6) is 5.88 Å². The summed E-state index contributed by atoms with van der Waals surface area (Å²) in [5.74, 6) is 0.509. The van der Waals surface area contributed by atoms with E-state index in [0.29, 0.717) is 19.0 Å². The molecule has 1 fully saturated rings. The lowest BCUT2D eigenvalue weighted by Gasteiger charge is -2.35. The first-order chi connectivity index (χ1) is 12.0. The van der Waals surface area contributed by atoms with Gasteiger partial charge in [-0.1, -0.05) is 0 Å². The molecule has 1 aromatic rings. The van der Waals surface area contributed by atoms with E-state index in [1.807, 2.05) is 17.9 Å². The summed E-state index contributed by atoms with van der Waals surface area (Å²) in [4.78, 5) is 30.5. The molecule has 0 bridgehead atoms. The van der Waals surface area contributed by atoms with Crippen molar-refractivity contribution in [2.45, 2.75) is 58.7 Å². The molecule has 0 spiro atoms. The number of hydrogen-bond acceptors (Lipinski definition) is 4. The second-order valence-corrected chi connectivity index (χ2v) is 6.36. The number of ether oxygens (including phenoxy) is 1. The van der Waals surface area contributed by atoms with Crippen LogP contribution < -0.4 is 15.4 Å². The Morgan fingerprint density at radius 1 is 1.44 bits per heavy atom. The number of carbonyl (C=O) groups excluding carboxylic acids is 2. The van der Waals surface area contributed by atoms with Crippen molar-refractivity contribution in [3.05, 3.63) is 23.9 Å². The highest BCUT2D eigenvalue weighted by Gasteiger charge is 2.27. The van der Waals surface area contributed by atoms with E-state index in [0.717, 1.165) is 31.4 Å². The van der Waals surface area contributed by atoms with Crippen LogP contribution in [0.4, 0.5) is 4.79 Å². The summed E-state index contributed by atoms with van der Waals surface area (Å²) in [6.45, 7) is 7.33. The van der Waals surface area contributed by atoms with E-state index >= 15 is 0 Å². The lowest BCUT2D eigenvalue weighted by Crippen LogP contribution is -2.53. The van der Waals surface area contributed by atoms with Gasteiger partial charge in [-0.2, -0.15) is 0 Å². The highest BCUT2D eigenvalue weighted by Crippen LogP contribution is 2.17. The van der Waals surface area contributed by atoms with Crippen molar-refractivity contribution < 1.29 is 14.3 Å². The molecule has 0 aromatic carbocycles. The first kappa shape index (κ1) is 19.0. The first-order valence-corrected chi connectivity index (χ1v) is 8.93. The minimum atomic E-state index is -0.544. The summed E-state index contributed by atoms with van der Waals surface area (Å²) >= 11 is 0. The lowest BCUT2D eigenvalue weighted by atomic mass is 10.0. The Hall–Kier alpha value is -2.31. The molecular weight excluding hydrogens is 320 g/mol. The molecule has 1 aromatic heterocycles. The molecule has 3 amide bonds. The van der Waals surface area contributed by atoms with Gasteiger partial charge >= 0.3 is 6.03 Å². The topological polar surface area (TPSA) is 83.6 Å². The number of aromatic nitrogens is 1. The van der Waals surface area contributed by atoms with Gasteiger partial charge < -0.3 is 20.3 Å². The molecular formula is C18H28N4O3. The fourth-order valence-corrected chi connectivity index (χ4v) is 2.95. The van der Waals surface area contributed by atoms with E-state index < -0.39 is 6.04 Å². The first-order valence-electron chi connectivity index (χ1n) is 8.93. The third-order valence-corrected chi connectivity index (χ3v) is 4.35. The number of pyridine rings is 1. The third-order valence-electron chi connectivity index (χ3n) is 4.35. The molecule has 2 unspecified atom stereocenters. The van der Waals surface area contributed by atoms with Crippen LogP contribution in [0.15, 0.2) is 18.3 Å². The van der Waals surface area contributed by atoms with Crippen LogP contribution in [0.1, 0.15) is 45.6 Å². The van der Waals surface area contributed by atoms with E-state index in [9.17, 15) is 9.59 Å². The number of urea groups is 1. The van der Waals surface area contributed by atoms with Gasteiger partial charge in [-0.3, -0.25) is 4.79 Å². The molecule has 2 rings (SSSR count). The van der Waals surface area contributed by atoms with Crippen LogP contribution >= 0.6 is 0 Å². The molecule has 2 heterocycles. The highest BCUT2D eigenvalue weighted by molar-refractivity contribution is 5.87. The third kappa shape index (κ3) is 5.62. The van der Waals surface area contributed by atoms with Gasteiger partial charge in [0, 0.05) is 31.4 Å². The van der Waals surface area contributed by atoms with Crippen LogP contribution in [-0.4, -0.2) is 47.1 Å². The Labute approximate surface area is 149 Å². The monoisotopic (exact) mass is 348 g/mol. The number of likely N-dealkylation sites (tertiary alicyclic amines) is 1. The van der Waals surface area contributed by atoms with Crippen molar-refractivity contribution in [2.75, 3.05) is 13.2 Å². The van der Waals surface area contributed by atoms with E-state index in [2.05, 4.69) is 22.5 Å². The number of hydrogen-bond donors (Lipinski definition) is 2. The van der Waals surface area contributed by atoms with Crippen molar-refractivity contribution in [2.24, 2.45) is 0 Å². The number of rotatable bonds is 6. The Kier molecular flexibility index (Phi) is 7.03. The molecule has 1 aliphatic heterocycles. The average molecular weight is 348 g/mol. The summed E-state index contributed by atoms with van der Waals surface area (Å²) in [6, 6.07) is 2.93. The summed E-state index contributed by atoms with van der Waals surface area (Å²) in [6.07, 6.45) is 4.85. The van der Waals surface area contributed by atoms with Gasteiger partial charge in [-0.15, -0.1) is 0 Å². The number of nitrogens with one attached hydrogen (secondary N) is 2. The molecule has 0 saturated carbocycles. The zero-order valence-corrected chi connectivity index (χ0v) is 15.2. The maximum absolute atomic E-state index is 12.5. The predicted molar refractivity (Wildman–Crippen MR) is 95.3 cm³/mol. The zero-order valence-electron chi connectivity index (χ0n) is 15.2. The van der Waals surface area contributed by atoms with Gasteiger partial charge in [0.05, 0.1) is 6.61 Å². The summed E-state index contributed by atoms with van der Waals surface area (Å²) < 4.78 is 5.34. The fraction of sp³-hybridized carbons (Fsp3) is 0.611. The van der Waals surface area contributed by atoms with Gasteiger partial charge in [0.15, 0.2) is 0 Å². The van der Waals surface area contributed by atoms with Gasteiger partial charge in [0.25, 0.3) is 0 Å².